The van der Waals surface area contributed by atoms with Crippen LogP contribution in [0.1, 0.15) is 16.7 Å². The molecule has 0 aliphatic heterocycles. The molecule has 0 amide bonds. The van der Waals surface area contributed by atoms with E-state index in [1.165, 1.54) is 0 Å². The lowest BCUT2D eigenvalue weighted by Crippen LogP contribution is -2.08. The highest BCUT2D eigenvalue weighted by atomic mass is 35.5. The third-order valence-electron chi connectivity index (χ3n) is 2.77. The molecular weight excluding hydrogens is 324 g/mol. The first-order valence-electron chi connectivity index (χ1n) is 6.00. The number of anilines is 1. The summed E-state index contributed by atoms with van der Waals surface area (Å²) in [6, 6.07) is 8.38. The molecule has 7 heteroatoms. The van der Waals surface area contributed by atoms with Gasteiger partial charge in [0.05, 0.1) is 10.6 Å². The monoisotopic (exact) mass is 334 g/mol. The van der Waals surface area contributed by atoms with E-state index in [0.29, 0.717) is 12.4 Å². The van der Waals surface area contributed by atoms with Gasteiger partial charge in [-0.3, -0.25) is 0 Å². The molecule has 2 aromatic rings. The Bertz CT molecular complexity index is 630. The first-order chi connectivity index (χ1) is 9.90. The van der Waals surface area contributed by atoms with Crippen molar-refractivity contribution in [2.45, 2.75) is 18.6 Å². The van der Waals surface area contributed by atoms with Gasteiger partial charge in [0, 0.05) is 18.6 Å². The maximum atomic E-state index is 12.5. The molecule has 1 heterocycles. The Kier molecular flexibility index (Phi) is 4.96. The zero-order valence-corrected chi connectivity index (χ0v) is 12.2. The number of benzene rings is 1. The zero-order valence-electron chi connectivity index (χ0n) is 10.7. The second-order valence-electron chi connectivity index (χ2n) is 4.36. The highest BCUT2D eigenvalue weighted by molar-refractivity contribution is 6.32. The van der Waals surface area contributed by atoms with Crippen molar-refractivity contribution in [1.82, 2.24) is 4.98 Å². The number of rotatable bonds is 4. The van der Waals surface area contributed by atoms with Gasteiger partial charge in [-0.2, -0.15) is 13.2 Å². The number of hydrogen-bond acceptors (Lipinski definition) is 2. The minimum Gasteiger partial charge on any atom is -0.365 e. The second kappa shape index (κ2) is 6.54. The van der Waals surface area contributed by atoms with E-state index in [1.807, 2.05) is 24.3 Å². The van der Waals surface area contributed by atoms with Gasteiger partial charge in [-0.1, -0.05) is 35.9 Å². The van der Waals surface area contributed by atoms with Gasteiger partial charge in [0.1, 0.15) is 5.82 Å². The molecular formula is C14H11Cl2F3N2. The molecule has 0 fully saturated rings. The molecule has 0 unspecified atom stereocenters. The predicted molar refractivity (Wildman–Crippen MR) is 77.6 cm³/mol. The smallest absolute Gasteiger partial charge is 0.365 e. The summed E-state index contributed by atoms with van der Waals surface area (Å²) in [5, 5.41) is 2.83. The van der Waals surface area contributed by atoms with E-state index < -0.39 is 11.7 Å². The lowest BCUT2D eigenvalue weighted by Gasteiger charge is -2.11. The predicted octanol–water partition coefficient (Wildman–Crippen LogP) is 5.10. The van der Waals surface area contributed by atoms with Gasteiger partial charge in [0.25, 0.3) is 0 Å². The molecule has 1 aromatic heterocycles. The molecule has 1 aromatic carbocycles. The van der Waals surface area contributed by atoms with E-state index in [2.05, 4.69) is 10.3 Å². The minimum atomic E-state index is -4.45. The molecule has 0 saturated heterocycles. The standard InChI is InChI=1S/C14H11Cl2F3N2/c15-6-9-2-1-3-10(4-9)7-20-13-12(16)5-11(8-21-13)14(17,18)19/h1-5,8H,6-7H2,(H,20,21). The number of nitrogens with one attached hydrogen (secondary N) is 1. The topological polar surface area (TPSA) is 24.9 Å². The summed E-state index contributed by atoms with van der Waals surface area (Å²) in [6.07, 6.45) is -3.70. The van der Waals surface area contributed by atoms with Crippen LogP contribution >= 0.6 is 23.2 Å². The Morgan fingerprint density at radius 3 is 2.48 bits per heavy atom. The minimum absolute atomic E-state index is 0.0710. The molecule has 21 heavy (non-hydrogen) atoms. The van der Waals surface area contributed by atoms with E-state index in [1.54, 1.807) is 0 Å². The molecule has 0 aliphatic rings. The average molecular weight is 335 g/mol. The Morgan fingerprint density at radius 1 is 1.14 bits per heavy atom. The molecule has 0 saturated carbocycles. The van der Waals surface area contributed by atoms with E-state index >= 15 is 0 Å². The largest absolute Gasteiger partial charge is 0.417 e. The third kappa shape index (κ3) is 4.25. The van der Waals surface area contributed by atoms with Crippen LogP contribution in [0.15, 0.2) is 36.5 Å². The zero-order chi connectivity index (χ0) is 15.5. The van der Waals surface area contributed by atoms with Crippen LogP contribution in [0.4, 0.5) is 19.0 Å². The van der Waals surface area contributed by atoms with Crippen LogP contribution in [0.3, 0.4) is 0 Å². The molecule has 2 rings (SSSR count). The first-order valence-corrected chi connectivity index (χ1v) is 6.92. The fraction of sp³-hybridized carbons (Fsp3) is 0.214. The van der Waals surface area contributed by atoms with Crippen LogP contribution in [-0.2, 0) is 18.6 Å². The quantitative estimate of drug-likeness (QED) is 0.786. The van der Waals surface area contributed by atoms with Crippen LogP contribution in [-0.4, -0.2) is 4.98 Å². The van der Waals surface area contributed by atoms with Crippen LogP contribution in [0.5, 0.6) is 0 Å². The Labute approximate surface area is 129 Å². The van der Waals surface area contributed by atoms with E-state index in [-0.39, 0.29) is 10.8 Å². The van der Waals surface area contributed by atoms with Crippen molar-refractivity contribution < 1.29 is 13.2 Å². The maximum absolute atomic E-state index is 12.5. The normalized spacial score (nSPS) is 11.5. The second-order valence-corrected chi connectivity index (χ2v) is 5.03. The van der Waals surface area contributed by atoms with E-state index in [4.69, 9.17) is 23.2 Å². The molecule has 0 atom stereocenters. The number of alkyl halides is 4. The Hall–Kier alpha value is -1.46. The average Bonchev–Trinajstić information content (AvgIpc) is 2.45. The lowest BCUT2D eigenvalue weighted by molar-refractivity contribution is -0.137. The summed E-state index contributed by atoms with van der Waals surface area (Å²) >= 11 is 11.6. The fourth-order valence-corrected chi connectivity index (χ4v) is 2.13. The van der Waals surface area contributed by atoms with Crippen LogP contribution in [0, 0.1) is 0 Å². The van der Waals surface area contributed by atoms with Crippen LogP contribution in [0.2, 0.25) is 5.02 Å². The van der Waals surface area contributed by atoms with Crippen molar-refractivity contribution in [1.29, 1.82) is 0 Å². The number of hydrogen-bond donors (Lipinski definition) is 1. The molecule has 0 bridgehead atoms. The first kappa shape index (κ1) is 15.9. The van der Waals surface area contributed by atoms with E-state index in [9.17, 15) is 13.2 Å². The Morgan fingerprint density at radius 2 is 1.86 bits per heavy atom. The van der Waals surface area contributed by atoms with Gasteiger partial charge in [0.15, 0.2) is 0 Å². The molecule has 2 nitrogen and oxygen atoms in total. The van der Waals surface area contributed by atoms with Gasteiger partial charge >= 0.3 is 6.18 Å². The number of pyridine rings is 1. The van der Waals surface area contributed by atoms with Crippen molar-refractivity contribution in [2.75, 3.05) is 5.32 Å². The van der Waals surface area contributed by atoms with Crippen molar-refractivity contribution >= 4 is 29.0 Å². The summed E-state index contributed by atoms with van der Waals surface area (Å²) in [6.45, 7) is 0.392. The summed E-state index contributed by atoms with van der Waals surface area (Å²) in [4.78, 5) is 3.71. The Balaban J connectivity index is 2.10. The van der Waals surface area contributed by atoms with Crippen LogP contribution < -0.4 is 5.32 Å². The van der Waals surface area contributed by atoms with Gasteiger partial charge in [-0.25, -0.2) is 4.98 Å². The van der Waals surface area contributed by atoms with Crippen molar-refractivity contribution in [2.24, 2.45) is 0 Å². The molecule has 112 valence electrons. The summed E-state index contributed by atoms with van der Waals surface area (Å²) in [7, 11) is 0. The molecule has 0 spiro atoms. The lowest BCUT2D eigenvalue weighted by atomic mass is 10.1. The number of aromatic nitrogens is 1. The van der Waals surface area contributed by atoms with Crippen molar-refractivity contribution in [3.63, 3.8) is 0 Å². The van der Waals surface area contributed by atoms with Gasteiger partial charge in [0.2, 0.25) is 0 Å². The number of nitrogens with zero attached hydrogens (tertiary/aromatic N) is 1. The van der Waals surface area contributed by atoms with Gasteiger partial charge in [-0.15, -0.1) is 11.6 Å². The summed E-state index contributed by atoms with van der Waals surface area (Å²) in [5.74, 6) is 0.605. The highest BCUT2D eigenvalue weighted by Crippen LogP contribution is 2.32. The fourth-order valence-electron chi connectivity index (χ4n) is 1.73. The van der Waals surface area contributed by atoms with Crippen LogP contribution in [0.25, 0.3) is 0 Å². The SMILES string of the molecule is FC(F)(F)c1cnc(NCc2cccc(CCl)c2)c(Cl)c1. The van der Waals surface area contributed by atoms with Crippen molar-refractivity contribution in [3.05, 3.63) is 58.2 Å². The molecule has 1 N–H and O–H groups in total. The third-order valence-corrected chi connectivity index (χ3v) is 3.37. The van der Waals surface area contributed by atoms with Gasteiger partial charge < -0.3 is 5.32 Å². The van der Waals surface area contributed by atoms with Crippen molar-refractivity contribution in [3.8, 4) is 0 Å². The highest BCUT2D eigenvalue weighted by Gasteiger charge is 2.31. The number of halogens is 5. The summed E-state index contributed by atoms with van der Waals surface area (Å²) in [5.41, 5.74) is 1.02. The molecule has 0 radical (unpaired) electrons. The maximum Gasteiger partial charge on any atom is 0.417 e. The van der Waals surface area contributed by atoms with E-state index in [0.717, 1.165) is 23.4 Å². The summed E-state index contributed by atoms with van der Waals surface area (Å²) < 4.78 is 37.5. The molecule has 0 aliphatic carbocycles. The van der Waals surface area contributed by atoms with Gasteiger partial charge in [-0.05, 0) is 17.2 Å².